The molecule has 21 heavy (non-hydrogen) atoms. The predicted molar refractivity (Wildman–Crippen MR) is 86.0 cm³/mol. The summed E-state index contributed by atoms with van der Waals surface area (Å²) in [6, 6.07) is 16.7. The van der Waals surface area contributed by atoms with Crippen molar-refractivity contribution in [3.8, 4) is 11.5 Å². The van der Waals surface area contributed by atoms with Crippen molar-refractivity contribution in [2.24, 2.45) is 0 Å². The minimum atomic E-state index is 0.482. The van der Waals surface area contributed by atoms with Crippen LogP contribution in [-0.4, -0.2) is 20.2 Å². The maximum atomic E-state index is 5.80. The highest BCUT2D eigenvalue weighted by Crippen LogP contribution is 2.17. The first kappa shape index (κ1) is 15.4. The first-order valence-electron chi connectivity index (χ1n) is 7.23. The van der Waals surface area contributed by atoms with Crippen LogP contribution in [0, 0.1) is 0 Å². The molecule has 0 aromatic heterocycles. The molecule has 0 spiro atoms. The van der Waals surface area contributed by atoms with Crippen molar-refractivity contribution in [1.29, 1.82) is 0 Å². The number of hydrogen-bond acceptors (Lipinski definition) is 3. The van der Waals surface area contributed by atoms with E-state index in [1.165, 1.54) is 5.56 Å². The molecule has 1 N–H and O–H groups in total. The molecule has 1 atom stereocenters. The minimum absolute atomic E-state index is 0.482. The largest absolute Gasteiger partial charge is 0.497 e. The van der Waals surface area contributed by atoms with Crippen LogP contribution in [0.2, 0.25) is 0 Å². The van der Waals surface area contributed by atoms with Crippen LogP contribution in [0.1, 0.15) is 18.1 Å². The number of likely N-dealkylation sites (N-methyl/N-ethyl adjacent to an activating group) is 1. The van der Waals surface area contributed by atoms with Gasteiger partial charge in [-0.3, -0.25) is 0 Å². The molecule has 0 aliphatic rings. The van der Waals surface area contributed by atoms with Crippen LogP contribution in [0.15, 0.2) is 48.5 Å². The molecule has 0 saturated carbocycles. The van der Waals surface area contributed by atoms with Crippen molar-refractivity contribution < 1.29 is 9.47 Å². The van der Waals surface area contributed by atoms with Gasteiger partial charge in [0.05, 0.1) is 7.11 Å². The Morgan fingerprint density at radius 1 is 0.905 bits per heavy atom. The van der Waals surface area contributed by atoms with Crippen LogP contribution in [0.4, 0.5) is 0 Å². The summed E-state index contributed by atoms with van der Waals surface area (Å²) in [5, 5.41) is 3.24. The van der Waals surface area contributed by atoms with Crippen LogP contribution in [0.3, 0.4) is 0 Å². The summed E-state index contributed by atoms with van der Waals surface area (Å²) in [4.78, 5) is 0. The van der Waals surface area contributed by atoms with Crippen LogP contribution >= 0.6 is 0 Å². The van der Waals surface area contributed by atoms with Crippen LogP contribution in [0.5, 0.6) is 11.5 Å². The minimum Gasteiger partial charge on any atom is -0.497 e. The van der Waals surface area contributed by atoms with Gasteiger partial charge >= 0.3 is 0 Å². The number of nitrogens with one attached hydrogen (secondary N) is 1. The Kier molecular flexibility index (Phi) is 5.64. The predicted octanol–water partition coefficient (Wildman–Crippen LogP) is 3.42. The van der Waals surface area contributed by atoms with Crippen molar-refractivity contribution in [3.05, 3.63) is 59.7 Å². The molecule has 112 valence electrons. The third-order valence-corrected chi connectivity index (χ3v) is 3.52. The Labute approximate surface area is 126 Å². The first-order valence-corrected chi connectivity index (χ1v) is 7.23. The van der Waals surface area contributed by atoms with Crippen molar-refractivity contribution in [3.63, 3.8) is 0 Å². The Hall–Kier alpha value is -2.00. The normalized spacial score (nSPS) is 12.0. The highest BCUT2D eigenvalue weighted by atomic mass is 16.5. The smallest absolute Gasteiger partial charge is 0.119 e. The fourth-order valence-corrected chi connectivity index (χ4v) is 2.07. The van der Waals surface area contributed by atoms with E-state index in [-0.39, 0.29) is 0 Å². The van der Waals surface area contributed by atoms with Gasteiger partial charge in [-0.2, -0.15) is 0 Å². The molecular weight excluding hydrogens is 262 g/mol. The average molecular weight is 285 g/mol. The molecule has 0 saturated heterocycles. The summed E-state index contributed by atoms with van der Waals surface area (Å²) in [5.74, 6) is 1.76. The molecule has 0 aliphatic heterocycles. The van der Waals surface area contributed by atoms with Gasteiger partial charge in [-0.25, -0.2) is 0 Å². The van der Waals surface area contributed by atoms with E-state index in [2.05, 4.69) is 24.4 Å². The lowest BCUT2D eigenvalue weighted by molar-refractivity contribution is 0.306. The van der Waals surface area contributed by atoms with Gasteiger partial charge in [0, 0.05) is 6.04 Å². The Morgan fingerprint density at radius 2 is 1.48 bits per heavy atom. The van der Waals surface area contributed by atoms with Crippen LogP contribution in [-0.2, 0) is 13.0 Å². The molecule has 3 nitrogen and oxygen atoms in total. The second kappa shape index (κ2) is 7.70. The van der Waals surface area contributed by atoms with Crippen molar-refractivity contribution in [2.75, 3.05) is 14.2 Å². The van der Waals surface area contributed by atoms with Crippen LogP contribution in [0.25, 0.3) is 0 Å². The molecule has 1 unspecified atom stereocenters. The fourth-order valence-electron chi connectivity index (χ4n) is 2.07. The van der Waals surface area contributed by atoms with Gasteiger partial charge in [0.1, 0.15) is 18.1 Å². The van der Waals surface area contributed by atoms with Crippen LogP contribution < -0.4 is 14.8 Å². The zero-order valence-corrected chi connectivity index (χ0v) is 12.9. The van der Waals surface area contributed by atoms with Gasteiger partial charge in [0.15, 0.2) is 0 Å². The maximum absolute atomic E-state index is 5.80. The van der Waals surface area contributed by atoms with Gasteiger partial charge < -0.3 is 14.8 Å². The second-order valence-electron chi connectivity index (χ2n) is 5.17. The molecule has 0 aliphatic carbocycles. The Bertz CT molecular complexity index is 534. The molecule has 0 radical (unpaired) electrons. The average Bonchev–Trinajstić information content (AvgIpc) is 2.54. The highest BCUT2D eigenvalue weighted by molar-refractivity contribution is 5.29. The zero-order valence-electron chi connectivity index (χ0n) is 12.9. The summed E-state index contributed by atoms with van der Waals surface area (Å²) in [7, 11) is 3.65. The van der Waals surface area contributed by atoms with Gasteiger partial charge in [0.25, 0.3) is 0 Å². The summed E-state index contributed by atoms with van der Waals surface area (Å²) in [5.41, 5.74) is 2.44. The van der Waals surface area contributed by atoms with Crippen molar-refractivity contribution >= 4 is 0 Å². The quantitative estimate of drug-likeness (QED) is 0.845. The topological polar surface area (TPSA) is 30.5 Å². The third-order valence-electron chi connectivity index (χ3n) is 3.52. The van der Waals surface area contributed by atoms with E-state index in [0.717, 1.165) is 23.5 Å². The van der Waals surface area contributed by atoms with Crippen molar-refractivity contribution in [1.82, 2.24) is 5.32 Å². The summed E-state index contributed by atoms with van der Waals surface area (Å²) in [6.45, 7) is 2.74. The Morgan fingerprint density at radius 3 is 2.05 bits per heavy atom. The van der Waals surface area contributed by atoms with E-state index >= 15 is 0 Å². The monoisotopic (exact) mass is 285 g/mol. The third kappa shape index (κ3) is 4.80. The molecule has 0 fully saturated rings. The SMILES string of the molecule is CNC(C)Cc1ccc(OCc2ccc(OC)cc2)cc1. The summed E-state index contributed by atoms with van der Waals surface area (Å²) in [6.07, 6.45) is 1.02. The van der Waals surface area contributed by atoms with Gasteiger partial charge in [0.2, 0.25) is 0 Å². The van der Waals surface area contributed by atoms with E-state index in [1.54, 1.807) is 7.11 Å². The number of hydrogen-bond donors (Lipinski definition) is 1. The molecule has 0 bridgehead atoms. The molecule has 0 heterocycles. The second-order valence-corrected chi connectivity index (χ2v) is 5.17. The van der Waals surface area contributed by atoms with Crippen molar-refractivity contribution in [2.45, 2.75) is 26.0 Å². The fraction of sp³-hybridized carbons (Fsp3) is 0.333. The first-order chi connectivity index (χ1) is 10.2. The van der Waals surface area contributed by atoms with Gasteiger partial charge in [-0.05, 0) is 55.8 Å². The van der Waals surface area contributed by atoms with E-state index in [4.69, 9.17) is 9.47 Å². The molecule has 3 heteroatoms. The lowest BCUT2D eigenvalue weighted by Gasteiger charge is -2.11. The lowest BCUT2D eigenvalue weighted by atomic mass is 10.1. The maximum Gasteiger partial charge on any atom is 0.119 e. The standard InChI is InChI=1S/C18H23NO2/c1-14(19-2)12-15-4-10-18(11-5-15)21-13-16-6-8-17(20-3)9-7-16/h4-11,14,19H,12-13H2,1-3H3. The Balaban J connectivity index is 1.88. The summed E-state index contributed by atoms with van der Waals surface area (Å²) < 4.78 is 10.9. The molecule has 2 aromatic carbocycles. The zero-order chi connectivity index (χ0) is 15.1. The number of methoxy groups -OCH3 is 1. The van der Waals surface area contributed by atoms with E-state index in [9.17, 15) is 0 Å². The van der Waals surface area contributed by atoms with Gasteiger partial charge in [-0.1, -0.05) is 24.3 Å². The lowest BCUT2D eigenvalue weighted by Crippen LogP contribution is -2.23. The van der Waals surface area contributed by atoms with Gasteiger partial charge in [-0.15, -0.1) is 0 Å². The highest BCUT2D eigenvalue weighted by Gasteiger charge is 2.01. The van der Waals surface area contributed by atoms with E-state index < -0.39 is 0 Å². The molecular formula is C18H23NO2. The summed E-state index contributed by atoms with van der Waals surface area (Å²) >= 11 is 0. The molecule has 0 amide bonds. The number of benzene rings is 2. The van der Waals surface area contributed by atoms with E-state index in [0.29, 0.717) is 12.6 Å². The number of ether oxygens (including phenoxy) is 2. The molecule has 2 rings (SSSR count). The molecule has 2 aromatic rings. The number of rotatable bonds is 7. The van der Waals surface area contributed by atoms with E-state index in [1.807, 2.05) is 43.4 Å².